The molecule has 47 heavy (non-hydrogen) atoms. The van der Waals surface area contributed by atoms with Crippen molar-refractivity contribution in [2.45, 2.75) is 64.1 Å². The highest BCUT2D eigenvalue weighted by molar-refractivity contribution is 5.89. The van der Waals surface area contributed by atoms with E-state index in [1.165, 1.54) is 36.5 Å². The van der Waals surface area contributed by atoms with Crippen molar-refractivity contribution in [2.24, 2.45) is 0 Å². The summed E-state index contributed by atoms with van der Waals surface area (Å²) in [5, 5.41) is 3.46. The highest BCUT2D eigenvalue weighted by Gasteiger charge is 2.27. The molecule has 4 aromatic carbocycles. The minimum absolute atomic E-state index is 0.167. The first kappa shape index (κ1) is 33.7. The van der Waals surface area contributed by atoms with Crippen LogP contribution in [0.2, 0.25) is 0 Å². The number of unbranched alkanes of at least 4 members (excludes halogenated alkanes) is 1. The zero-order valence-corrected chi connectivity index (χ0v) is 27.6. The van der Waals surface area contributed by atoms with Gasteiger partial charge in [-0.2, -0.15) is 0 Å². The van der Waals surface area contributed by atoms with Crippen molar-refractivity contribution in [2.75, 3.05) is 32.6 Å². The highest BCUT2D eigenvalue weighted by atomic mass is 16.5. The maximum atomic E-state index is 12.2. The summed E-state index contributed by atoms with van der Waals surface area (Å²) >= 11 is 0. The Balaban J connectivity index is 1.23. The lowest BCUT2D eigenvalue weighted by Gasteiger charge is -2.36. The van der Waals surface area contributed by atoms with Crippen LogP contribution in [0.1, 0.15) is 76.3 Å². The molecule has 0 amide bonds. The van der Waals surface area contributed by atoms with E-state index in [1.807, 2.05) is 36.4 Å². The molecule has 1 aliphatic carbocycles. The Kier molecular flexibility index (Phi) is 12.4. The number of nitrogens with one attached hydrogen (secondary N) is 1. The average Bonchev–Trinajstić information content (AvgIpc) is 3.13. The van der Waals surface area contributed by atoms with Gasteiger partial charge in [0.15, 0.2) is 0 Å². The fourth-order valence-corrected chi connectivity index (χ4v) is 6.31. The smallest absolute Gasteiger partial charge is 0.337 e. The fourth-order valence-electron chi connectivity index (χ4n) is 6.31. The topological polar surface area (TPSA) is 77.1 Å². The summed E-state index contributed by atoms with van der Waals surface area (Å²) in [5.74, 6) is 0.432. The van der Waals surface area contributed by atoms with E-state index in [9.17, 15) is 9.59 Å². The third-order valence-corrected chi connectivity index (χ3v) is 8.92. The molecule has 0 heterocycles. The number of rotatable bonds is 16. The van der Waals surface area contributed by atoms with Crippen LogP contribution in [-0.4, -0.2) is 44.1 Å². The number of fused-ring (bicyclic) bond motifs is 1. The number of ether oxygens (including phenoxy) is 3. The Morgan fingerprint density at radius 3 is 2.38 bits per heavy atom. The monoisotopic (exact) mass is 634 g/mol. The second-order valence-corrected chi connectivity index (χ2v) is 12.1. The lowest BCUT2D eigenvalue weighted by molar-refractivity contribution is -0.140. The van der Waals surface area contributed by atoms with Crippen LogP contribution in [-0.2, 0) is 40.3 Å². The largest absolute Gasteiger partial charge is 0.489 e. The number of nitrogens with zero attached hydrogens (tertiary/aromatic N) is 1. The second kappa shape index (κ2) is 17.3. The van der Waals surface area contributed by atoms with Crippen LogP contribution in [0, 0.1) is 0 Å². The summed E-state index contributed by atoms with van der Waals surface area (Å²) < 4.78 is 16.2. The van der Waals surface area contributed by atoms with Crippen molar-refractivity contribution in [3.8, 4) is 5.75 Å². The van der Waals surface area contributed by atoms with E-state index in [2.05, 4.69) is 70.9 Å². The van der Waals surface area contributed by atoms with E-state index < -0.39 is 0 Å². The molecule has 0 saturated carbocycles. The minimum atomic E-state index is -0.304. The molecule has 0 bridgehead atoms. The number of hydrogen-bond donors (Lipinski definition) is 1. The molecule has 7 heteroatoms. The van der Waals surface area contributed by atoms with Crippen LogP contribution >= 0.6 is 0 Å². The Hall–Kier alpha value is -4.62. The summed E-state index contributed by atoms with van der Waals surface area (Å²) in [6, 6.07) is 33.3. The molecule has 1 N–H and O–H groups in total. The third kappa shape index (κ3) is 9.69. The predicted molar refractivity (Wildman–Crippen MR) is 186 cm³/mol. The van der Waals surface area contributed by atoms with Gasteiger partial charge in [0.1, 0.15) is 12.4 Å². The lowest BCUT2D eigenvalue weighted by atomic mass is 9.85. The van der Waals surface area contributed by atoms with Crippen LogP contribution in [0.4, 0.5) is 5.69 Å². The van der Waals surface area contributed by atoms with Gasteiger partial charge in [-0.15, -0.1) is 0 Å². The van der Waals surface area contributed by atoms with E-state index in [0.29, 0.717) is 18.6 Å². The van der Waals surface area contributed by atoms with Gasteiger partial charge >= 0.3 is 11.9 Å². The molecule has 4 aromatic rings. The summed E-state index contributed by atoms with van der Waals surface area (Å²) in [6.45, 7) is 2.99. The number of aryl methyl sites for hydroxylation is 1. The number of methoxy groups -OCH3 is 2. The first-order chi connectivity index (χ1) is 23.0. The van der Waals surface area contributed by atoms with E-state index in [-0.39, 0.29) is 18.0 Å². The van der Waals surface area contributed by atoms with E-state index >= 15 is 0 Å². The van der Waals surface area contributed by atoms with Gasteiger partial charge in [-0.1, -0.05) is 66.7 Å². The average molecular weight is 635 g/mol. The van der Waals surface area contributed by atoms with E-state index in [4.69, 9.17) is 14.2 Å². The predicted octanol–water partition coefficient (Wildman–Crippen LogP) is 7.93. The normalized spacial score (nSPS) is 13.9. The van der Waals surface area contributed by atoms with Gasteiger partial charge in [0.25, 0.3) is 0 Å². The Morgan fingerprint density at radius 1 is 0.830 bits per heavy atom. The van der Waals surface area contributed by atoms with Crippen LogP contribution in [0.3, 0.4) is 0 Å². The molecule has 1 unspecified atom stereocenters. The molecular formula is C40H46N2O5. The van der Waals surface area contributed by atoms with Crippen LogP contribution in [0.5, 0.6) is 5.75 Å². The fraction of sp³-hybridized carbons (Fsp3) is 0.350. The maximum absolute atomic E-state index is 12.2. The number of anilines is 1. The van der Waals surface area contributed by atoms with Crippen molar-refractivity contribution < 1.29 is 23.8 Å². The van der Waals surface area contributed by atoms with Crippen molar-refractivity contribution in [1.82, 2.24) is 4.90 Å². The van der Waals surface area contributed by atoms with Crippen molar-refractivity contribution in [1.29, 1.82) is 0 Å². The van der Waals surface area contributed by atoms with Gasteiger partial charge in [-0.3, -0.25) is 9.69 Å². The van der Waals surface area contributed by atoms with Crippen molar-refractivity contribution in [3.63, 3.8) is 0 Å². The van der Waals surface area contributed by atoms with Gasteiger partial charge in [-0.05, 0) is 103 Å². The van der Waals surface area contributed by atoms with Crippen LogP contribution < -0.4 is 10.1 Å². The zero-order chi connectivity index (χ0) is 32.8. The van der Waals surface area contributed by atoms with E-state index in [0.717, 1.165) is 75.2 Å². The molecule has 7 nitrogen and oxygen atoms in total. The number of benzene rings is 4. The number of carbonyl (C=O) groups excluding carboxylic acids is 2. The molecule has 246 valence electrons. The quantitative estimate of drug-likeness (QED) is 0.0991. The number of hydrogen-bond acceptors (Lipinski definition) is 7. The van der Waals surface area contributed by atoms with E-state index in [1.54, 1.807) is 0 Å². The van der Waals surface area contributed by atoms with Gasteiger partial charge < -0.3 is 19.5 Å². The molecule has 0 saturated heterocycles. The summed E-state index contributed by atoms with van der Waals surface area (Å²) in [7, 11) is 2.86. The molecule has 0 spiro atoms. The standard InChI is InChI=1S/C40H46N2O5/c1-45-39(43)17-8-9-25-42(37-15-10-12-33-27-34(40(44)46-2)22-23-36(33)37)26-24-32-11-6-7-16-38(32)47-29-31-20-18-30(19-21-31)28-41-35-13-4-3-5-14-35/h3-7,11,13-14,16,18-23,27,37,41H,8-10,12,15,17,24-26,28-29H2,1-2H3. The minimum Gasteiger partial charge on any atom is -0.489 e. The Bertz CT molecular complexity index is 1590. The van der Waals surface area contributed by atoms with Gasteiger partial charge in [0.2, 0.25) is 0 Å². The Labute approximate surface area is 278 Å². The van der Waals surface area contributed by atoms with Crippen molar-refractivity contribution >= 4 is 17.6 Å². The third-order valence-electron chi connectivity index (χ3n) is 8.92. The molecule has 1 aliphatic rings. The lowest BCUT2D eigenvalue weighted by Crippen LogP contribution is -2.34. The first-order valence-electron chi connectivity index (χ1n) is 16.6. The number of esters is 2. The second-order valence-electron chi connectivity index (χ2n) is 12.1. The molecule has 0 fully saturated rings. The summed E-state index contributed by atoms with van der Waals surface area (Å²) in [5.41, 5.74) is 7.72. The number of carbonyl (C=O) groups is 2. The van der Waals surface area contributed by atoms with Crippen molar-refractivity contribution in [3.05, 3.63) is 130 Å². The SMILES string of the molecule is COC(=O)CCCCN(CCc1ccccc1OCc1ccc(CNc2ccccc2)cc1)C1CCCc2cc(C(=O)OC)ccc21. The summed E-state index contributed by atoms with van der Waals surface area (Å²) in [4.78, 5) is 26.5. The molecular weight excluding hydrogens is 588 g/mol. The molecule has 5 rings (SSSR count). The Morgan fingerprint density at radius 2 is 1.60 bits per heavy atom. The number of para-hydroxylation sites is 2. The molecule has 1 atom stereocenters. The molecule has 0 aromatic heterocycles. The molecule has 0 aliphatic heterocycles. The molecule has 0 radical (unpaired) electrons. The zero-order valence-electron chi connectivity index (χ0n) is 27.6. The van der Waals surface area contributed by atoms with Gasteiger partial charge in [0.05, 0.1) is 19.8 Å². The first-order valence-corrected chi connectivity index (χ1v) is 16.6. The summed E-state index contributed by atoms with van der Waals surface area (Å²) in [6.07, 6.45) is 6.01. The van der Waals surface area contributed by atoms with Gasteiger partial charge in [-0.25, -0.2) is 4.79 Å². The maximum Gasteiger partial charge on any atom is 0.337 e. The van der Waals surface area contributed by atoms with Gasteiger partial charge in [0, 0.05) is 31.2 Å². The van der Waals surface area contributed by atoms with Crippen LogP contribution in [0.25, 0.3) is 0 Å². The highest BCUT2D eigenvalue weighted by Crippen LogP contribution is 2.36. The van der Waals surface area contributed by atoms with Crippen LogP contribution in [0.15, 0.2) is 97.1 Å².